The van der Waals surface area contributed by atoms with Crippen LogP contribution in [0.2, 0.25) is 0 Å². The maximum Gasteiger partial charge on any atom is 0.302 e. The van der Waals surface area contributed by atoms with E-state index in [1.807, 2.05) is 0 Å². The molecular formula is C31H48O2. The number of hydrogen-bond donors (Lipinski definition) is 0. The molecule has 0 bridgehead atoms. The number of rotatable bonds is 6. The first-order chi connectivity index (χ1) is 15.6. The predicted octanol–water partition coefficient (Wildman–Crippen LogP) is 8.29. The van der Waals surface area contributed by atoms with Gasteiger partial charge in [0.05, 0.1) is 0 Å². The van der Waals surface area contributed by atoms with Gasteiger partial charge in [-0.05, 0) is 105 Å². The summed E-state index contributed by atoms with van der Waals surface area (Å²) < 4.78 is 5.62. The lowest BCUT2D eigenvalue weighted by Gasteiger charge is -2.58. The normalized spacial score (nSPS) is 42.0. The summed E-state index contributed by atoms with van der Waals surface area (Å²) in [6.45, 7) is 17.9. The maximum absolute atomic E-state index is 11.5. The number of fused-ring (bicyclic) bond motifs is 5. The van der Waals surface area contributed by atoms with Crippen LogP contribution in [0.1, 0.15) is 99.3 Å². The highest BCUT2D eigenvalue weighted by molar-refractivity contribution is 5.66. The molecule has 4 aliphatic carbocycles. The lowest BCUT2D eigenvalue weighted by atomic mass is 9.47. The molecule has 9 atom stereocenters. The SMILES string of the molecule is C=C(C)[C@H](/C=C/[C@@H](C)[C@H]1CC[C@H]2[C@@H]3CC=C4C[C@@H](OC(C)=O)CC[C@]4(C)[C@H]3CC[C@]12C)CC. The fourth-order valence-corrected chi connectivity index (χ4v) is 8.96. The minimum absolute atomic E-state index is 0.0990. The van der Waals surface area contributed by atoms with Crippen molar-refractivity contribution in [2.45, 2.75) is 105 Å². The third kappa shape index (κ3) is 4.41. The molecule has 0 aromatic carbocycles. The largest absolute Gasteiger partial charge is 0.462 e. The zero-order chi connectivity index (χ0) is 24.0. The second-order valence-electron chi connectivity index (χ2n) is 12.6. The Balaban J connectivity index is 1.50. The van der Waals surface area contributed by atoms with Crippen LogP contribution in [0.3, 0.4) is 0 Å². The van der Waals surface area contributed by atoms with E-state index in [9.17, 15) is 4.79 Å². The molecule has 4 aliphatic rings. The topological polar surface area (TPSA) is 26.3 Å². The van der Waals surface area contributed by atoms with Gasteiger partial charge in [-0.15, -0.1) is 0 Å². The summed E-state index contributed by atoms with van der Waals surface area (Å²) in [4.78, 5) is 11.5. The summed E-state index contributed by atoms with van der Waals surface area (Å²) in [5.41, 5.74) is 3.69. The van der Waals surface area contributed by atoms with Gasteiger partial charge in [0.25, 0.3) is 0 Å². The lowest BCUT2D eigenvalue weighted by molar-refractivity contribution is -0.148. The molecule has 3 fully saturated rings. The minimum Gasteiger partial charge on any atom is -0.462 e. The van der Waals surface area contributed by atoms with Gasteiger partial charge in [0.15, 0.2) is 0 Å². The van der Waals surface area contributed by atoms with Crippen LogP contribution in [0.15, 0.2) is 36.0 Å². The molecule has 0 radical (unpaired) electrons. The lowest BCUT2D eigenvalue weighted by Crippen LogP contribution is -2.51. The smallest absolute Gasteiger partial charge is 0.302 e. The van der Waals surface area contributed by atoms with Gasteiger partial charge in [0, 0.05) is 13.3 Å². The van der Waals surface area contributed by atoms with E-state index in [0.717, 1.165) is 42.9 Å². The third-order valence-electron chi connectivity index (χ3n) is 10.8. The van der Waals surface area contributed by atoms with Crippen molar-refractivity contribution in [3.63, 3.8) is 0 Å². The van der Waals surface area contributed by atoms with Crippen LogP contribution in [-0.2, 0) is 9.53 Å². The van der Waals surface area contributed by atoms with Crippen molar-refractivity contribution >= 4 is 5.97 Å². The van der Waals surface area contributed by atoms with Crippen LogP contribution in [0.5, 0.6) is 0 Å². The van der Waals surface area contributed by atoms with Gasteiger partial charge >= 0.3 is 5.97 Å². The number of carbonyl (C=O) groups is 1. The van der Waals surface area contributed by atoms with Crippen molar-refractivity contribution in [3.8, 4) is 0 Å². The van der Waals surface area contributed by atoms with Crippen LogP contribution in [-0.4, -0.2) is 12.1 Å². The molecule has 2 heteroatoms. The van der Waals surface area contributed by atoms with E-state index in [1.54, 1.807) is 12.5 Å². The zero-order valence-electron chi connectivity index (χ0n) is 22.2. The number of ether oxygens (including phenoxy) is 1. The predicted molar refractivity (Wildman–Crippen MR) is 138 cm³/mol. The van der Waals surface area contributed by atoms with Gasteiger partial charge in [-0.3, -0.25) is 4.79 Å². The van der Waals surface area contributed by atoms with Crippen molar-refractivity contribution in [3.05, 3.63) is 36.0 Å². The van der Waals surface area contributed by atoms with E-state index in [0.29, 0.717) is 22.7 Å². The van der Waals surface area contributed by atoms with Gasteiger partial charge in [-0.25, -0.2) is 0 Å². The van der Waals surface area contributed by atoms with Crippen LogP contribution < -0.4 is 0 Å². The van der Waals surface area contributed by atoms with Crippen molar-refractivity contribution in [2.24, 2.45) is 46.3 Å². The molecule has 4 rings (SSSR count). The second-order valence-corrected chi connectivity index (χ2v) is 12.6. The number of esters is 1. The first-order valence-corrected chi connectivity index (χ1v) is 13.8. The molecule has 2 nitrogen and oxygen atoms in total. The second kappa shape index (κ2) is 9.38. The maximum atomic E-state index is 11.5. The fraction of sp³-hybridized carbons (Fsp3) is 0.774. The molecule has 0 saturated heterocycles. The summed E-state index contributed by atoms with van der Waals surface area (Å²) in [7, 11) is 0. The summed E-state index contributed by atoms with van der Waals surface area (Å²) in [6.07, 6.45) is 18.8. The van der Waals surface area contributed by atoms with E-state index in [2.05, 4.69) is 59.4 Å². The molecule has 0 amide bonds. The van der Waals surface area contributed by atoms with Crippen LogP contribution in [0.25, 0.3) is 0 Å². The van der Waals surface area contributed by atoms with Crippen LogP contribution >= 0.6 is 0 Å². The van der Waals surface area contributed by atoms with E-state index in [1.165, 1.54) is 44.1 Å². The minimum atomic E-state index is -0.125. The Labute approximate surface area is 203 Å². The Morgan fingerprint density at radius 1 is 1.15 bits per heavy atom. The number of carbonyl (C=O) groups excluding carboxylic acids is 1. The molecule has 33 heavy (non-hydrogen) atoms. The number of hydrogen-bond acceptors (Lipinski definition) is 2. The highest BCUT2D eigenvalue weighted by Crippen LogP contribution is 2.67. The summed E-state index contributed by atoms with van der Waals surface area (Å²) in [5, 5.41) is 0. The van der Waals surface area contributed by atoms with Crippen molar-refractivity contribution in [2.75, 3.05) is 0 Å². The average Bonchev–Trinajstić information content (AvgIpc) is 3.11. The monoisotopic (exact) mass is 452 g/mol. The quantitative estimate of drug-likeness (QED) is 0.299. The molecule has 0 aromatic rings. The Kier molecular flexibility index (Phi) is 7.05. The first kappa shape index (κ1) is 24.8. The van der Waals surface area contributed by atoms with Crippen LogP contribution in [0.4, 0.5) is 0 Å². The van der Waals surface area contributed by atoms with Crippen molar-refractivity contribution in [1.29, 1.82) is 0 Å². The van der Waals surface area contributed by atoms with E-state index < -0.39 is 0 Å². The highest BCUT2D eigenvalue weighted by Gasteiger charge is 2.59. The Morgan fingerprint density at radius 3 is 2.58 bits per heavy atom. The standard InChI is InChI=1S/C31H48O2/c1-8-23(20(2)3)10-9-21(4)27-13-14-28-26-12-11-24-19-25(33-22(5)32)15-17-30(24,6)29(26)16-18-31(27,28)7/h9-11,21,23,25-29H,2,8,12-19H2,1,3-7H3/b10-9+/t21-,23+,25+,26+,27-,28+,29+,30+,31-/m1/s1. The molecule has 0 spiro atoms. The van der Waals surface area contributed by atoms with Gasteiger partial charge in [0.1, 0.15) is 6.10 Å². The summed E-state index contributed by atoms with van der Waals surface area (Å²) in [6, 6.07) is 0. The fourth-order valence-electron chi connectivity index (χ4n) is 8.96. The molecular weight excluding hydrogens is 404 g/mol. The third-order valence-corrected chi connectivity index (χ3v) is 10.8. The Hall–Kier alpha value is -1.31. The molecule has 0 aromatic heterocycles. The van der Waals surface area contributed by atoms with Gasteiger partial charge in [-0.2, -0.15) is 0 Å². The number of allylic oxidation sites excluding steroid dienone is 4. The van der Waals surface area contributed by atoms with E-state index >= 15 is 0 Å². The summed E-state index contributed by atoms with van der Waals surface area (Å²) >= 11 is 0. The zero-order valence-corrected chi connectivity index (χ0v) is 22.2. The average molecular weight is 453 g/mol. The van der Waals surface area contributed by atoms with Crippen LogP contribution in [0, 0.1) is 46.3 Å². The molecule has 3 saturated carbocycles. The van der Waals surface area contributed by atoms with Gasteiger partial charge in [0.2, 0.25) is 0 Å². The summed E-state index contributed by atoms with van der Waals surface area (Å²) in [5.74, 6) is 4.36. The van der Waals surface area contributed by atoms with Crippen molar-refractivity contribution < 1.29 is 9.53 Å². The van der Waals surface area contributed by atoms with E-state index in [4.69, 9.17) is 4.74 Å². The van der Waals surface area contributed by atoms with E-state index in [-0.39, 0.29) is 12.1 Å². The molecule has 184 valence electrons. The molecule has 0 N–H and O–H groups in total. The molecule has 0 unspecified atom stereocenters. The highest BCUT2D eigenvalue weighted by atomic mass is 16.5. The Morgan fingerprint density at radius 2 is 1.91 bits per heavy atom. The van der Waals surface area contributed by atoms with Gasteiger partial charge < -0.3 is 4.74 Å². The molecule has 0 heterocycles. The first-order valence-electron chi connectivity index (χ1n) is 13.8. The Bertz CT molecular complexity index is 821. The van der Waals surface area contributed by atoms with Crippen molar-refractivity contribution in [1.82, 2.24) is 0 Å². The van der Waals surface area contributed by atoms with Gasteiger partial charge in [-0.1, -0.05) is 63.6 Å². The molecule has 0 aliphatic heterocycles.